The number of benzene rings is 1. The van der Waals surface area contributed by atoms with Crippen molar-refractivity contribution in [1.82, 2.24) is 5.32 Å². The van der Waals surface area contributed by atoms with Gasteiger partial charge in [-0.15, -0.1) is 0 Å². The van der Waals surface area contributed by atoms with Gasteiger partial charge in [-0.05, 0) is 31.0 Å². The van der Waals surface area contributed by atoms with Gasteiger partial charge in [0.15, 0.2) is 0 Å². The average molecular weight is 263 g/mol. The summed E-state index contributed by atoms with van der Waals surface area (Å²) in [5.74, 6) is 0.0614. The SMILES string of the molecule is CCCC(C)NC(=O)CN(C)c1ccc(CN)cc1. The van der Waals surface area contributed by atoms with Gasteiger partial charge in [0.25, 0.3) is 0 Å². The van der Waals surface area contributed by atoms with Gasteiger partial charge in [-0.3, -0.25) is 4.79 Å². The molecule has 0 saturated heterocycles. The number of nitrogens with two attached hydrogens (primary N) is 1. The molecule has 0 radical (unpaired) electrons. The molecule has 0 spiro atoms. The minimum atomic E-state index is 0.0614. The number of anilines is 1. The van der Waals surface area contributed by atoms with E-state index >= 15 is 0 Å². The van der Waals surface area contributed by atoms with Crippen LogP contribution in [0.5, 0.6) is 0 Å². The van der Waals surface area contributed by atoms with Crippen molar-refractivity contribution < 1.29 is 4.79 Å². The van der Waals surface area contributed by atoms with Gasteiger partial charge in [0.2, 0.25) is 5.91 Å². The van der Waals surface area contributed by atoms with Crippen LogP contribution in [0, 0.1) is 0 Å². The largest absolute Gasteiger partial charge is 0.365 e. The van der Waals surface area contributed by atoms with E-state index in [4.69, 9.17) is 5.73 Å². The summed E-state index contributed by atoms with van der Waals surface area (Å²) in [6.45, 7) is 5.07. The molecule has 1 aromatic rings. The van der Waals surface area contributed by atoms with Crippen molar-refractivity contribution in [2.24, 2.45) is 5.73 Å². The minimum absolute atomic E-state index is 0.0614. The summed E-state index contributed by atoms with van der Waals surface area (Å²) in [7, 11) is 1.92. The van der Waals surface area contributed by atoms with Crippen LogP contribution in [0.1, 0.15) is 32.3 Å². The molecule has 0 saturated carbocycles. The maximum atomic E-state index is 11.9. The maximum absolute atomic E-state index is 11.9. The highest BCUT2D eigenvalue weighted by atomic mass is 16.2. The molecule has 0 aliphatic rings. The first-order valence-corrected chi connectivity index (χ1v) is 6.86. The van der Waals surface area contributed by atoms with Crippen LogP contribution in [-0.4, -0.2) is 25.5 Å². The molecule has 1 amide bonds. The summed E-state index contributed by atoms with van der Waals surface area (Å²) in [6.07, 6.45) is 2.10. The Kier molecular flexibility index (Phi) is 6.36. The zero-order valence-corrected chi connectivity index (χ0v) is 12.1. The normalized spacial score (nSPS) is 12.0. The molecule has 19 heavy (non-hydrogen) atoms. The number of hydrogen-bond acceptors (Lipinski definition) is 3. The van der Waals surface area contributed by atoms with E-state index in [1.807, 2.05) is 43.1 Å². The molecule has 1 rings (SSSR count). The van der Waals surface area contributed by atoms with Crippen molar-refractivity contribution in [3.8, 4) is 0 Å². The highest BCUT2D eigenvalue weighted by Crippen LogP contribution is 2.13. The van der Waals surface area contributed by atoms with E-state index in [2.05, 4.69) is 12.2 Å². The summed E-state index contributed by atoms with van der Waals surface area (Å²) in [5, 5.41) is 3.00. The van der Waals surface area contributed by atoms with Crippen molar-refractivity contribution in [1.29, 1.82) is 0 Å². The number of rotatable bonds is 7. The molecule has 4 heteroatoms. The molecular weight excluding hydrogens is 238 g/mol. The number of carbonyl (C=O) groups is 1. The maximum Gasteiger partial charge on any atom is 0.239 e. The van der Waals surface area contributed by atoms with Gasteiger partial charge in [0, 0.05) is 25.3 Å². The first-order valence-electron chi connectivity index (χ1n) is 6.86. The third-order valence-electron chi connectivity index (χ3n) is 3.12. The molecule has 0 heterocycles. The van der Waals surface area contributed by atoms with Crippen molar-refractivity contribution in [2.75, 3.05) is 18.5 Å². The topological polar surface area (TPSA) is 58.4 Å². The fourth-order valence-corrected chi connectivity index (χ4v) is 2.02. The molecule has 1 aromatic carbocycles. The lowest BCUT2D eigenvalue weighted by Crippen LogP contribution is -2.39. The lowest BCUT2D eigenvalue weighted by Gasteiger charge is -2.20. The third kappa shape index (κ3) is 5.30. The first-order chi connectivity index (χ1) is 9.06. The molecule has 4 nitrogen and oxygen atoms in total. The Morgan fingerprint density at radius 2 is 2.00 bits per heavy atom. The predicted molar refractivity (Wildman–Crippen MR) is 80.1 cm³/mol. The molecule has 3 N–H and O–H groups in total. The fraction of sp³-hybridized carbons (Fsp3) is 0.533. The summed E-state index contributed by atoms with van der Waals surface area (Å²) in [4.78, 5) is 13.8. The molecule has 0 aliphatic carbocycles. The van der Waals surface area contributed by atoms with E-state index in [1.165, 1.54) is 0 Å². The van der Waals surface area contributed by atoms with Gasteiger partial charge in [0.1, 0.15) is 0 Å². The zero-order valence-electron chi connectivity index (χ0n) is 12.1. The summed E-state index contributed by atoms with van der Waals surface area (Å²) in [5.41, 5.74) is 7.68. The Labute approximate surface area is 116 Å². The standard InChI is InChI=1S/C15H25N3O/c1-4-5-12(2)17-15(19)11-18(3)14-8-6-13(10-16)7-9-14/h6-9,12H,4-5,10-11,16H2,1-3H3,(H,17,19). The summed E-state index contributed by atoms with van der Waals surface area (Å²) >= 11 is 0. The van der Waals surface area contributed by atoms with Crippen LogP contribution in [0.2, 0.25) is 0 Å². The van der Waals surface area contributed by atoms with E-state index in [0.29, 0.717) is 13.1 Å². The fourth-order valence-electron chi connectivity index (χ4n) is 2.02. The second kappa shape index (κ2) is 7.79. The number of amides is 1. The lowest BCUT2D eigenvalue weighted by atomic mass is 10.2. The molecule has 0 aromatic heterocycles. The van der Waals surface area contributed by atoms with Crippen molar-refractivity contribution in [3.63, 3.8) is 0 Å². The van der Waals surface area contributed by atoms with E-state index in [0.717, 1.165) is 24.1 Å². The van der Waals surface area contributed by atoms with Crippen LogP contribution in [0.25, 0.3) is 0 Å². The second-order valence-electron chi connectivity index (χ2n) is 4.98. The smallest absolute Gasteiger partial charge is 0.239 e. The lowest BCUT2D eigenvalue weighted by molar-refractivity contribution is -0.120. The molecule has 0 bridgehead atoms. The van der Waals surface area contributed by atoms with E-state index in [1.54, 1.807) is 0 Å². The van der Waals surface area contributed by atoms with Gasteiger partial charge in [-0.25, -0.2) is 0 Å². The van der Waals surface area contributed by atoms with Crippen LogP contribution >= 0.6 is 0 Å². The predicted octanol–water partition coefficient (Wildman–Crippen LogP) is 1.89. The van der Waals surface area contributed by atoms with Crippen LogP contribution in [0.4, 0.5) is 5.69 Å². The van der Waals surface area contributed by atoms with E-state index in [-0.39, 0.29) is 11.9 Å². The molecular formula is C15H25N3O. The molecule has 0 fully saturated rings. The van der Waals surface area contributed by atoms with Crippen LogP contribution in [0.15, 0.2) is 24.3 Å². The molecule has 1 atom stereocenters. The number of nitrogens with one attached hydrogen (secondary N) is 1. The van der Waals surface area contributed by atoms with Crippen LogP contribution in [0.3, 0.4) is 0 Å². The van der Waals surface area contributed by atoms with Crippen molar-refractivity contribution >= 4 is 11.6 Å². The first kappa shape index (κ1) is 15.5. The highest BCUT2D eigenvalue weighted by molar-refractivity contribution is 5.81. The van der Waals surface area contributed by atoms with Gasteiger partial charge in [0.05, 0.1) is 6.54 Å². The summed E-state index contributed by atoms with van der Waals surface area (Å²) < 4.78 is 0. The zero-order chi connectivity index (χ0) is 14.3. The van der Waals surface area contributed by atoms with Gasteiger partial charge in [-0.2, -0.15) is 0 Å². The van der Waals surface area contributed by atoms with E-state index in [9.17, 15) is 4.79 Å². The Hall–Kier alpha value is -1.55. The van der Waals surface area contributed by atoms with Crippen molar-refractivity contribution in [2.45, 2.75) is 39.3 Å². The summed E-state index contributed by atoms with van der Waals surface area (Å²) in [6, 6.07) is 8.20. The van der Waals surface area contributed by atoms with E-state index < -0.39 is 0 Å². The van der Waals surface area contributed by atoms with Crippen molar-refractivity contribution in [3.05, 3.63) is 29.8 Å². The van der Waals surface area contributed by atoms with Gasteiger partial charge >= 0.3 is 0 Å². The Bertz CT molecular complexity index is 389. The van der Waals surface area contributed by atoms with Gasteiger partial charge in [-0.1, -0.05) is 25.5 Å². The Morgan fingerprint density at radius 1 is 1.37 bits per heavy atom. The monoisotopic (exact) mass is 263 g/mol. The third-order valence-corrected chi connectivity index (χ3v) is 3.12. The molecule has 106 valence electrons. The Morgan fingerprint density at radius 3 is 2.53 bits per heavy atom. The second-order valence-corrected chi connectivity index (χ2v) is 4.98. The van der Waals surface area contributed by atoms with Gasteiger partial charge < -0.3 is 16.0 Å². The molecule has 0 aliphatic heterocycles. The number of hydrogen-bond donors (Lipinski definition) is 2. The average Bonchev–Trinajstić information content (AvgIpc) is 2.38. The number of carbonyl (C=O) groups excluding carboxylic acids is 1. The minimum Gasteiger partial charge on any atom is -0.365 e. The quantitative estimate of drug-likeness (QED) is 0.790. The number of nitrogens with zero attached hydrogens (tertiary/aromatic N) is 1. The molecule has 1 unspecified atom stereocenters. The van der Waals surface area contributed by atoms with Crippen LogP contribution < -0.4 is 16.0 Å². The van der Waals surface area contributed by atoms with Crippen LogP contribution in [-0.2, 0) is 11.3 Å². The highest BCUT2D eigenvalue weighted by Gasteiger charge is 2.10. The number of likely N-dealkylation sites (N-methyl/N-ethyl adjacent to an activating group) is 1. The Balaban J connectivity index is 2.48.